The average molecular weight is 337 g/mol. The number of imidazole rings is 1. The van der Waals surface area contributed by atoms with E-state index in [0.717, 1.165) is 12.0 Å². The summed E-state index contributed by atoms with van der Waals surface area (Å²) < 4.78 is 22.2. The van der Waals surface area contributed by atoms with E-state index in [4.69, 9.17) is 4.74 Å². The molecule has 1 aromatic carbocycles. The Morgan fingerprint density at radius 1 is 1.16 bits per heavy atom. The molecule has 0 spiro atoms. The highest BCUT2D eigenvalue weighted by molar-refractivity contribution is 5.58. The van der Waals surface area contributed by atoms with Crippen molar-refractivity contribution in [3.8, 4) is 11.4 Å². The van der Waals surface area contributed by atoms with Gasteiger partial charge in [-0.2, -0.15) is 0 Å². The van der Waals surface area contributed by atoms with Crippen LogP contribution in [0, 0.1) is 18.7 Å². The molecule has 1 fully saturated rings. The van der Waals surface area contributed by atoms with E-state index in [1.165, 1.54) is 11.6 Å². The van der Waals surface area contributed by atoms with Gasteiger partial charge in [-0.15, -0.1) is 0 Å². The summed E-state index contributed by atoms with van der Waals surface area (Å²) in [5.74, 6) is 0.738. The molecular formula is C20H20FN3O. The smallest absolute Gasteiger partial charge is 0.143 e. The maximum Gasteiger partial charge on any atom is 0.143 e. The Balaban J connectivity index is 1.66. The minimum absolute atomic E-state index is 0.144. The van der Waals surface area contributed by atoms with Crippen LogP contribution >= 0.6 is 0 Å². The van der Waals surface area contributed by atoms with Crippen LogP contribution in [0.25, 0.3) is 11.4 Å². The van der Waals surface area contributed by atoms with E-state index >= 15 is 0 Å². The fourth-order valence-electron chi connectivity index (χ4n) is 3.51. The van der Waals surface area contributed by atoms with Crippen LogP contribution < -0.4 is 0 Å². The Labute approximate surface area is 146 Å². The van der Waals surface area contributed by atoms with E-state index < -0.39 is 0 Å². The number of hydrogen-bond acceptors (Lipinski definition) is 3. The summed E-state index contributed by atoms with van der Waals surface area (Å²) in [4.78, 5) is 8.50. The zero-order chi connectivity index (χ0) is 17.2. The molecule has 0 bridgehead atoms. The summed E-state index contributed by atoms with van der Waals surface area (Å²) in [6.07, 6.45) is 8.19. The largest absolute Gasteiger partial charge is 0.379 e. The lowest BCUT2D eigenvalue weighted by Gasteiger charge is -2.21. The van der Waals surface area contributed by atoms with Crippen molar-refractivity contribution in [1.29, 1.82) is 0 Å². The number of hydrogen-bond donors (Lipinski definition) is 0. The molecule has 0 saturated carbocycles. The van der Waals surface area contributed by atoms with E-state index in [0.29, 0.717) is 30.5 Å². The molecule has 25 heavy (non-hydrogen) atoms. The third-order valence-electron chi connectivity index (χ3n) is 4.80. The number of aryl methyl sites for hydroxylation is 1. The zero-order valence-corrected chi connectivity index (χ0v) is 14.1. The monoisotopic (exact) mass is 337 g/mol. The highest BCUT2D eigenvalue weighted by Crippen LogP contribution is 2.33. The Bertz CT molecular complexity index is 862. The van der Waals surface area contributed by atoms with Gasteiger partial charge in [0.05, 0.1) is 24.8 Å². The number of rotatable bonds is 4. The number of halogens is 1. The average Bonchev–Trinajstić information content (AvgIpc) is 3.27. The maximum atomic E-state index is 14.4. The van der Waals surface area contributed by atoms with Gasteiger partial charge in [0, 0.05) is 30.7 Å². The van der Waals surface area contributed by atoms with E-state index in [1.54, 1.807) is 12.3 Å². The van der Waals surface area contributed by atoms with Crippen molar-refractivity contribution in [2.75, 3.05) is 13.2 Å². The van der Waals surface area contributed by atoms with Crippen LogP contribution in [0.2, 0.25) is 0 Å². The zero-order valence-electron chi connectivity index (χ0n) is 14.1. The number of nitrogens with zero attached hydrogens (tertiary/aromatic N) is 3. The van der Waals surface area contributed by atoms with Crippen molar-refractivity contribution in [3.05, 3.63) is 72.1 Å². The summed E-state index contributed by atoms with van der Waals surface area (Å²) in [7, 11) is 0. The first-order valence-electron chi connectivity index (χ1n) is 8.48. The van der Waals surface area contributed by atoms with Crippen LogP contribution in [0.5, 0.6) is 0 Å². The van der Waals surface area contributed by atoms with Crippen molar-refractivity contribution in [3.63, 3.8) is 0 Å². The van der Waals surface area contributed by atoms with Crippen LogP contribution in [0.4, 0.5) is 4.39 Å². The molecule has 0 radical (unpaired) electrons. The van der Waals surface area contributed by atoms with Crippen LogP contribution in [-0.4, -0.2) is 27.7 Å². The van der Waals surface area contributed by atoms with Crippen molar-refractivity contribution >= 4 is 0 Å². The highest BCUT2D eigenvalue weighted by Gasteiger charge is 2.31. The second-order valence-corrected chi connectivity index (χ2v) is 6.57. The molecule has 0 amide bonds. The van der Waals surface area contributed by atoms with Gasteiger partial charge in [0.1, 0.15) is 11.6 Å². The van der Waals surface area contributed by atoms with Crippen molar-refractivity contribution in [2.24, 2.45) is 5.92 Å². The van der Waals surface area contributed by atoms with Gasteiger partial charge in [-0.25, -0.2) is 9.37 Å². The Hall–Kier alpha value is -2.53. The predicted octanol–water partition coefficient (Wildman–Crippen LogP) is 3.82. The summed E-state index contributed by atoms with van der Waals surface area (Å²) >= 11 is 0. The fourth-order valence-corrected chi connectivity index (χ4v) is 3.51. The molecule has 2 atom stereocenters. The van der Waals surface area contributed by atoms with Gasteiger partial charge in [-0.1, -0.05) is 11.6 Å². The van der Waals surface area contributed by atoms with E-state index in [1.807, 2.05) is 43.7 Å². The molecule has 0 aliphatic carbocycles. The summed E-state index contributed by atoms with van der Waals surface area (Å²) in [5, 5.41) is 0. The van der Waals surface area contributed by atoms with Crippen molar-refractivity contribution < 1.29 is 9.13 Å². The summed E-state index contributed by atoms with van der Waals surface area (Å²) in [6.45, 7) is 3.27. The molecule has 0 N–H and O–H groups in total. The minimum Gasteiger partial charge on any atom is -0.379 e. The normalized spacial score (nSPS) is 20.1. The van der Waals surface area contributed by atoms with Gasteiger partial charge < -0.3 is 9.30 Å². The molecule has 1 saturated heterocycles. The Morgan fingerprint density at radius 3 is 2.84 bits per heavy atom. The summed E-state index contributed by atoms with van der Waals surface area (Å²) in [5.41, 5.74) is 2.79. The molecule has 4 rings (SSSR count). The van der Waals surface area contributed by atoms with Crippen LogP contribution in [0.1, 0.15) is 17.2 Å². The molecule has 5 heteroatoms. The number of aromatic nitrogens is 3. The van der Waals surface area contributed by atoms with Gasteiger partial charge >= 0.3 is 0 Å². The minimum atomic E-state index is -0.248. The molecule has 128 valence electrons. The molecule has 2 aromatic heterocycles. The van der Waals surface area contributed by atoms with Gasteiger partial charge in [0.25, 0.3) is 0 Å². The van der Waals surface area contributed by atoms with Crippen LogP contribution in [0.15, 0.2) is 55.1 Å². The lowest BCUT2D eigenvalue weighted by atomic mass is 9.95. The predicted molar refractivity (Wildman–Crippen MR) is 93.6 cm³/mol. The first-order chi connectivity index (χ1) is 12.2. The number of benzene rings is 1. The van der Waals surface area contributed by atoms with Crippen molar-refractivity contribution in [1.82, 2.24) is 14.5 Å². The topological polar surface area (TPSA) is 39.9 Å². The maximum absolute atomic E-state index is 14.4. The Kier molecular flexibility index (Phi) is 4.32. The molecular weight excluding hydrogens is 317 g/mol. The number of pyridine rings is 1. The molecule has 4 nitrogen and oxygen atoms in total. The standard InChI is InChI=1S/C20H20FN3O/c1-14-2-3-18(21)17(10-14)20-23-8-9-24(20)19-13-25-12-16(19)11-15-4-6-22-7-5-15/h2-10,16,19H,11-13H2,1H3/t16-,19-/m1/s1. The second-order valence-electron chi connectivity index (χ2n) is 6.57. The molecule has 0 unspecified atom stereocenters. The van der Waals surface area contributed by atoms with Gasteiger partial charge in [-0.3, -0.25) is 4.98 Å². The molecule has 3 heterocycles. The summed E-state index contributed by atoms with van der Waals surface area (Å²) in [6, 6.07) is 9.34. The third-order valence-corrected chi connectivity index (χ3v) is 4.80. The van der Waals surface area contributed by atoms with Gasteiger partial charge in [0.2, 0.25) is 0 Å². The third kappa shape index (κ3) is 3.20. The highest BCUT2D eigenvalue weighted by atomic mass is 19.1. The van der Waals surface area contributed by atoms with Crippen LogP contribution in [-0.2, 0) is 11.2 Å². The lowest BCUT2D eigenvalue weighted by molar-refractivity contribution is 0.181. The van der Waals surface area contributed by atoms with E-state index in [9.17, 15) is 4.39 Å². The molecule has 3 aromatic rings. The molecule has 1 aliphatic heterocycles. The fraction of sp³-hybridized carbons (Fsp3) is 0.300. The Morgan fingerprint density at radius 2 is 2.00 bits per heavy atom. The van der Waals surface area contributed by atoms with Crippen LogP contribution in [0.3, 0.4) is 0 Å². The second kappa shape index (κ2) is 6.76. The SMILES string of the molecule is Cc1ccc(F)c(-c2nccn2[C@@H]2COC[C@H]2Cc2ccncc2)c1. The van der Waals surface area contributed by atoms with Crippen molar-refractivity contribution in [2.45, 2.75) is 19.4 Å². The quantitative estimate of drug-likeness (QED) is 0.726. The first-order valence-corrected chi connectivity index (χ1v) is 8.48. The molecule has 1 aliphatic rings. The number of ether oxygens (including phenoxy) is 1. The van der Waals surface area contributed by atoms with E-state index in [2.05, 4.69) is 14.5 Å². The van der Waals surface area contributed by atoms with Gasteiger partial charge in [0.15, 0.2) is 0 Å². The van der Waals surface area contributed by atoms with E-state index in [-0.39, 0.29) is 11.9 Å². The lowest BCUT2D eigenvalue weighted by Crippen LogP contribution is -2.20. The van der Waals surface area contributed by atoms with Gasteiger partial charge in [-0.05, 0) is 43.2 Å². The first kappa shape index (κ1) is 16.0.